The van der Waals surface area contributed by atoms with Gasteiger partial charge in [-0.1, -0.05) is 29.8 Å². The maximum absolute atomic E-state index is 5.86. The molecule has 0 bridgehead atoms. The summed E-state index contributed by atoms with van der Waals surface area (Å²) in [5.41, 5.74) is 9.93. The van der Waals surface area contributed by atoms with Gasteiger partial charge in [-0.3, -0.25) is 0 Å². The van der Waals surface area contributed by atoms with Crippen LogP contribution in [0.4, 0.5) is 5.95 Å². The molecule has 2 N–H and O–H groups in total. The van der Waals surface area contributed by atoms with Gasteiger partial charge in [0.1, 0.15) is 5.75 Å². The Balaban J connectivity index is 1.82. The number of aryl methyl sites for hydroxylation is 2. The lowest BCUT2D eigenvalue weighted by Crippen LogP contribution is -2.07. The summed E-state index contributed by atoms with van der Waals surface area (Å²) in [6, 6.07) is 14.1. The first-order chi connectivity index (χ1) is 10.6. The zero-order chi connectivity index (χ0) is 15.5. The number of hydrogen-bond acceptors (Lipinski definition) is 4. The number of benzene rings is 2. The van der Waals surface area contributed by atoms with Gasteiger partial charge in [0, 0.05) is 11.8 Å². The monoisotopic (exact) mass is 293 g/mol. The number of nitrogens with two attached hydrogens (primary N) is 1. The van der Waals surface area contributed by atoms with Crippen molar-refractivity contribution in [2.75, 3.05) is 12.3 Å². The number of nitrogen functional groups attached to an aromatic ring is 1. The van der Waals surface area contributed by atoms with E-state index in [4.69, 9.17) is 10.5 Å². The van der Waals surface area contributed by atoms with E-state index in [1.54, 1.807) is 0 Å². The molecule has 0 spiro atoms. The number of para-hydroxylation sites is 1. The minimum Gasteiger partial charge on any atom is -0.493 e. The van der Waals surface area contributed by atoms with Crippen molar-refractivity contribution < 1.29 is 4.74 Å². The Morgan fingerprint density at radius 1 is 1.05 bits per heavy atom. The number of aromatic nitrogens is 2. The van der Waals surface area contributed by atoms with Gasteiger partial charge in [0.15, 0.2) is 0 Å². The maximum Gasteiger partial charge on any atom is 0.220 e. The fourth-order valence-electron chi connectivity index (χ4n) is 2.49. The van der Waals surface area contributed by atoms with E-state index in [9.17, 15) is 0 Å². The Morgan fingerprint density at radius 3 is 2.68 bits per heavy atom. The van der Waals surface area contributed by atoms with Gasteiger partial charge in [-0.15, -0.1) is 0 Å². The molecule has 3 rings (SSSR count). The summed E-state index contributed by atoms with van der Waals surface area (Å²) in [6.07, 6.45) is 0.695. The number of fused-ring (bicyclic) bond motifs is 1. The van der Waals surface area contributed by atoms with Crippen molar-refractivity contribution in [2.45, 2.75) is 20.3 Å². The summed E-state index contributed by atoms with van der Waals surface area (Å²) in [6.45, 7) is 4.66. The molecule has 112 valence electrons. The van der Waals surface area contributed by atoms with Crippen LogP contribution in [-0.2, 0) is 6.42 Å². The standard InChI is InChI=1S/C18H19N3O/c1-12-7-8-15-14(11-12)16(21-18(19)20-15)9-10-22-17-6-4-3-5-13(17)2/h3-8,11H,9-10H2,1-2H3,(H2,19,20,21). The van der Waals surface area contributed by atoms with Gasteiger partial charge in [0.25, 0.3) is 0 Å². The van der Waals surface area contributed by atoms with Gasteiger partial charge < -0.3 is 10.5 Å². The minimum absolute atomic E-state index is 0.308. The largest absolute Gasteiger partial charge is 0.493 e. The molecular formula is C18H19N3O. The van der Waals surface area contributed by atoms with Crippen LogP contribution >= 0.6 is 0 Å². The quantitative estimate of drug-likeness (QED) is 0.800. The molecule has 0 unspecified atom stereocenters. The molecular weight excluding hydrogens is 274 g/mol. The number of rotatable bonds is 4. The summed E-state index contributed by atoms with van der Waals surface area (Å²) in [5.74, 6) is 1.22. The lowest BCUT2D eigenvalue weighted by atomic mass is 10.1. The SMILES string of the molecule is Cc1ccc2nc(N)nc(CCOc3ccccc3C)c2c1. The van der Waals surface area contributed by atoms with E-state index in [1.165, 1.54) is 5.56 Å². The van der Waals surface area contributed by atoms with E-state index in [0.29, 0.717) is 19.0 Å². The third-order valence-corrected chi connectivity index (χ3v) is 3.64. The summed E-state index contributed by atoms with van der Waals surface area (Å²) in [5, 5.41) is 1.04. The van der Waals surface area contributed by atoms with Crippen LogP contribution in [0.5, 0.6) is 5.75 Å². The van der Waals surface area contributed by atoms with Gasteiger partial charge in [-0.2, -0.15) is 0 Å². The number of anilines is 1. The van der Waals surface area contributed by atoms with Crippen molar-refractivity contribution in [2.24, 2.45) is 0 Å². The smallest absolute Gasteiger partial charge is 0.220 e. The minimum atomic E-state index is 0.308. The number of ether oxygens (including phenoxy) is 1. The van der Waals surface area contributed by atoms with Crippen LogP contribution in [0.3, 0.4) is 0 Å². The lowest BCUT2D eigenvalue weighted by Gasteiger charge is -2.10. The first kappa shape index (κ1) is 14.3. The van der Waals surface area contributed by atoms with E-state index in [-0.39, 0.29) is 0 Å². The lowest BCUT2D eigenvalue weighted by molar-refractivity contribution is 0.319. The van der Waals surface area contributed by atoms with Crippen LogP contribution in [0, 0.1) is 13.8 Å². The Kier molecular flexibility index (Phi) is 3.92. The van der Waals surface area contributed by atoms with Crippen LogP contribution < -0.4 is 10.5 Å². The topological polar surface area (TPSA) is 61.0 Å². The highest BCUT2D eigenvalue weighted by Crippen LogP contribution is 2.20. The summed E-state index contributed by atoms with van der Waals surface area (Å²) >= 11 is 0. The van der Waals surface area contributed by atoms with Crippen molar-refractivity contribution in [1.82, 2.24) is 9.97 Å². The molecule has 4 heteroatoms. The van der Waals surface area contributed by atoms with E-state index >= 15 is 0 Å². The molecule has 0 aliphatic carbocycles. The molecule has 1 heterocycles. The molecule has 0 atom stereocenters. The van der Waals surface area contributed by atoms with Crippen molar-refractivity contribution in [1.29, 1.82) is 0 Å². The van der Waals surface area contributed by atoms with E-state index in [2.05, 4.69) is 23.0 Å². The van der Waals surface area contributed by atoms with Crippen LogP contribution in [0.25, 0.3) is 10.9 Å². The average molecular weight is 293 g/mol. The summed E-state index contributed by atoms with van der Waals surface area (Å²) in [7, 11) is 0. The molecule has 0 radical (unpaired) electrons. The average Bonchev–Trinajstić information content (AvgIpc) is 2.50. The van der Waals surface area contributed by atoms with Crippen LogP contribution in [0.1, 0.15) is 16.8 Å². The highest BCUT2D eigenvalue weighted by molar-refractivity contribution is 5.82. The van der Waals surface area contributed by atoms with Crippen LogP contribution in [0.15, 0.2) is 42.5 Å². The Labute approximate surface area is 130 Å². The second-order valence-electron chi connectivity index (χ2n) is 5.41. The summed E-state index contributed by atoms with van der Waals surface area (Å²) < 4.78 is 5.86. The molecule has 2 aromatic carbocycles. The molecule has 0 amide bonds. The Morgan fingerprint density at radius 2 is 1.86 bits per heavy atom. The Bertz CT molecular complexity index is 815. The van der Waals surface area contributed by atoms with Crippen LogP contribution in [0.2, 0.25) is 0 Å². The molecule has 4 nitrogen and oxygen atoms in total. The van der Waals surface area contributed by atoms with Crippen molar-refractivity contribution >= 4 is 16.9 Å². The third-order valence-electron chi connectivity index (χ3n) is 3.64. The zero-order valence-electron chi connectivity index (χ0n) is 12.8. The van der Waals surface area contributed by atoms with E-state index in [0.717, 1.165) is 27.9 Å². The predicted octanol–water partition coefficient (Wildman–Crippen LogP) is 3.45. The Hall–Kier alpha value is -2.62. The molecule has 3 aromatic rings. The van der Waals surface area contributed by atoms with Crippen molar-refractivity contribution in [3.8, 4) is 5.75 Å². The van der Waals surface area contributed by atoms with Gasteiger partial charge in [0.05, 0.1) is 17.8 Å². The molecule has 22 heavy (non-hydrogen) atoms. The maximum atomic E-state index is 5.86. The van der Waals surface area contributed by atoms with Crippen molar-refractivity contribution in [3.63, 3.8) is 0 Å². The second kappa shape index (κ2) is 6.02. The first-order valence-electron chi connectivity index (χ1n) is 7.34. The molecule has 0 saturated carbocycles. The highest BCUT2D eigenvalue weighted by Gasteiger charge is 2.07. The van der Waals surface area contributed by atoms with Gasteiger partial charge in [-0.25, -0.2) is 9.97 Å². The highest BCUT2D eigenvalue weighted by atomic mass is 16.5. The fraction of sp³-hybridized carbons (Fsp3) is 0.222. The molecule has 0 fully saturated rings. The van der Waals surface area contributed by atoms with Crippen molar-refractivity contribution in [3.05, 3.63) is 59.3 Å². The molecule has 0 saturated heterocycles. The van der Waals surface area contributed by atoms with E-state index in [1.807, 2.05) is 43.3 Å². The first-order valence-corrected chi connectivity index (χ1v) is 7.34. The normalized spacial score (nSPS) is 10.8. The van der Waals surface area contributed by atoms with Gasteiger partial charge in [-0.05, 0) is 37.6 Å². The second-order valence-corrected chi connectivity index (χ2v) is 5.41. The fourth-order valence-corrected chi connectivity index (χ4v) is 2.49. The zero-order valence-corrected chi connectivity index (χ0v) is 12.8. The third kappa shape index (κ3) is 3.01. The summed E-state index contributed by atoms with van der Waals surface area (Å²) in [4.78, 5) is 8.67. The molecule has 1 aromatic heterocycles. The number of hydrogen-bond donors (Lipinski definition) is 1. The number of nitrogens with zero attached hydrogens (tertiary/aromatic N) is 2. The predicted molar refractivity (Wildman–Crippen MR) is 89.1 cm³/mol. The van der Waals surface area contributed by atoms with Crippen LogP contribution in [-0.4, -0.2) is 16.6 Å². The molecule has 0 aliphatic rings. The van der Waals surface area contributed by atoms with Gasteiger partial charge in [0.2, 0.25) is 5.95 Å². The molecule has 0 aliphatic heterocycles. The van der Waals surface area contributed by atoms with Gasteiger partial charge >= 0.3 is 0 Å². The van der Waals surface area contributed by atoms with E-state index < -0.39 is 0 Å².